The zero-order valence-corrected chi connectivity index (χ0v) is 8.17. The Bertz CT molecular complexity index is 455. The van der Waals surface area contributed by atoms with Crippen LogP contribution in [0.5, 0.6) is 5.75 Å². The first kappa shape index (κ1) is 9.60. The minimum Gasteiger partial charge on any atom is -0.494 e. The fourth-order valence-electron chi connectivity index (χ4n) is 1.16. The smallest absolute Gasteiger partial charge is 0.251 e. The highest BCUT2D eigenvalue weighted by Gasteiger charge is 2.12. The van der Waals surface area contributed by atoms with Gasteiger partial charge < -0.3 is 14.9 Å². The third-order valence-electron chi connectivity index (χ3n) is 1.88. The zero-order valence-electron chi connectivity index (χ0n) is 8.17. The summed E-state index contributed by atoms with van der Waals surface area (Å²) in [5.74, 6) is 1.36. The fourth-order valence-corrected chi connectivity index (χ4v) is 1.16. The zero-order chi connectivity index (χ0) is 10.7. The predicted molar refractivity (Wildman–Crippen MR) is 52.0 cm³/mol. The molecule has 15 heavy (non-hydrogen) atoms. The molecule has 0 atom stereocenters. The molecular weight excluding hydrogens is 196 g/mol. The summed E-state index contributed by atoms with van der Waals surface area (Å²) in [4.78, 5) is 3.93. The summed E-state index contributed by atoms with van der Waals surface area (Å²) >= 11 is 0. The van der Waals surface area contributed by atoms with Crippen molar-refractivity contribution in [1.29, 1.82) is 0 Å². The number of hydrogen-bond donors (Lipinski definition) is 1. The molecule has 0 aliphatic carbocycles. The van der Waals surface area contributed by atoms with Crippen molar-refractivity contribution in [1.82, 2.24) is 15.2 Å². The molecule has 0 fully saturated rings. The van der Waals surface area contributed by atoms with E-state index in [1.165, 1.54) is 0 Å². The predicted octanol–water partition coefficient (Wildman–Crippen LogP) is 0.599. The van der Waals surface area contributed by atoms with Gasteiger partial charge in [-0.2, -0.15) is 0 Å². The van der Waals surface area contributed by atoms with E-state index in [0.29, 0.717) is 23.1 Å². The molecule has 0 unspecified atom stereocenters. The van der Waals surface area contributed by atoms with Crippen LogP contribution in [0.4, 0.5) is 0 Å². The van der Waals surface area contributed by atoms with Gasteiger partial charge in [0.2, 0.25) is 5.89 Å². The molecule has 0 amide bonds. The molecular formula is C9H10N4O2. The van der Waals surface area contributed by atoms with Crippen molar-refractivity contribution in [3.63, 3.8) is 0 Å². The van der Waals surface area contributed by atoms with Gasteiger partial charge in [-0.3, -0.25) is 4.98 Å². The molecule has 2 aromatic heterocycles. The van der Waals surface area contributed by atoms with E-state index in [-0.39, 0.29) is 6.54 Å². The van der Waals surface area contributed by atoms with Gasteiger partial charge in [0.1, 0.15) is 5.75 Å². The maximum Gasteiger partial charge on any atom is 0.251 e. The molecule has 0 aliphatic heterocycles. The van der Waals surface area contributed by atoms with Crippen LogP contribution in [-0.4, -0.2) is 22.3 Å². The van der Waals surface area contributed by atoms with E-state index < -0.39 is 0 Å². The number of rotatable bonds is 3. The van der Waals surface area contributed by atoms with E-state index in [0.717, 1.165) is 0 Å². The van der Waals surface area contributed by atoms with Gasteiger partial charge >= 0.3 is 0 Å². The SMILES string of the molecule is COc1cnccc1-c1nnc(CN)o1. The summed E-state index contributed by atoms with van der Waals surface area (Å²) in [6.07, 6.45) is 3.21. The molecule has 0 radical (unpaired) electrons. The molecule has 0 bridgehead atoms. The number of methoxy groups -OCH3 is 1. The van der Waals surface area contributed by atoms with Crippen molar-refractivity contribution >= 4 is 0 Å². The van der Waals surface area contributed by atoms with Crippen LogP contribution >= 0.6 is 0 Å². The first-order valence-corrected chi connectivity index (χ1v) is 4.36. The molecule has 2 heterocycles. The fraction of sp³-hybridized carbons (Fsp3) is 0.222. The van der Waals surface area contributed by atoms with Crippen LogP contribution < -0.4 is 10.5 Å². The minimum atomic E-state index is 0.223. The Morgan fingerprint density at radius 2 is 2.33 bits per heavy atom. The maximum atomic E-state index is 5.37. The van der Waals surface area contributed by atoms with Crippen LogP contribution in [0.25, 0.3) is 11.5 Å². The number of pyridine rings is 1. The molecule has 0 aliphatic rings. The second kappa shape index (κ2) is 4.05. The largest absolute Gasteiger partial charge is 0.494 e. The molecule has 78 valence electrons. The Morgan fingerprint density at radius 1 is 1.47 bits per heavy atom. The maximum absolute atomic E-state index is 5.37. The lowest BCUT2D eigenvalue weighted by atomic mass is 10.2. The normalized spacial score (nSPS) is 10.3. The van der Waals surface area contributed by atoms with Crippen LogP contribution in [0, 0.1) is 0 Å². The number of aromatic nitrogens is 3. The van der Waals surface area contributed by atoms with Gasteiger partial charge in [0, 0.05) is 6.20 Å². The molecule has 0 aromatic carbocycles. The van der Waals surface area contributed by atoms with E-state index >= 15 is 0 Å². The van der Waals surface area contributed by atoms with Gasteiger partial charge in [0.05, 0.1) is 25.4 Å². The van der Waals surface area contributed by atoms with Crippen LogP contribution in [-0.2, 0) is 6.54 Å². The first-order chi connectivity index (χ1) is 7.35. The average molecular weight is 206 g/mol. The van der Waals surface area contributed by atoms with Crippen molar-refractivity contribution in [2.75, 3.05) is 7.11 Å². The standard InChI is InChI=1S/C9H10N4O2/c1-14-7-5-11-3-2-6(7)9-13-12-8(4-10)15-9/h2-3,5H,4,10H2,1H3. The van der Waals surface area contributed by atoms with Crippen molar-refractivity contribution < 1.29 is 9.15 Å². The Kier molecular flexibility index (Phi) is 2.59. The molecule has 6 nitrogen and oxygen atoms in total. The van der Waals surface area contributed by atoms with Gasteiger partial charge in [-0.05, 0) is 6.07 Å². The van der Waals surface area contributed by atoms with E-state index in [1.807, 2.05) is 0 Å². The van der Waals surface area contributed by atoms with Gasteiger partial charge in [-0.25, -0.2) is 0 Å². The summed E-state index contributed by atoms with van der Waals surface area (Å²) in [7, 11) is 1.56. The Morgan fingerprint density at radius 3 is 3.00 bits per heavy atom. The van der Waals surface area contributed by atoms with Crippen molar-refractivity contribution in [2.24, 2.45) is 5.73 Å². The summed E-state index contributed by atoms with van der Waals surface area (Å²) < 4.78 is 10.4. The molecule has 2 N–H and O–H groups in total. The lowest BCUT2D eigenvalue weighted by Crippen LogP contribution is -1.95. The topological polar surface area (TPSA) is 87.1 Å². The Labute approximate surface area is 86.1 Å². The van der Waals surface area contributed by atoms with Crippen molar-refractivity contribution in [3.05, 3.63) is 24.4 Å². The second-order valence-electron chi connectivity index (χ2n) is 2.78. The summed E-state index contributed by atoms with van der Waals surface area (Å²) in [6, 6.07) is 1.74. The molecule has 0 saturated carbocycles. The third-order valence-corrected chi connectivity index (χ3v) is 1.88. The quantitative estimate of drug-likeness (QED) is 0.791. The lowest BCUT2D eigenvalue weighted by Gasteiger charge is -2.02. The van der Waals surface area contributed by atoms with Gasteiger partial charge in [-0.15, -0.1) is 10.2 Å². The lowest BCUT2D eigenvalue weighted by molar-refractivity contribution is 0.411. The van der Waals surface area contributed by atoms with Gasteiger partial charge in [-0.1, -0.05) is 0 Å². The van der Waals surface area contributed by atoms with E-state index in [2.05, 4.69) is 15.2 Å². The first-order valence-electron chi connectivity index (χ1n) is 4.36. The highest BCUT2D eigenvalue weighted by Crippen LogP contribution is 2.27. The highest BCUT2D eigenvalue weighted by molar-refractivity contribution is 5.60. The van der Waals surface area contributed by atoms with E-state index in [1.54, 1.807) is 25.6 Å². The molecule has 6 heteroatoms. The summed E-state index contributed by atoms with van der Waals surface area (Å²) in [5, 5.41) is 7.63. The molecule has 2 rings (SSSR count). The number of hydrogen-bond acceptors (Lipinski definition) is 6. The van der Waals surface area contributed by atoms with Crippen LogP contribution in [0.2, 0.25) is 0 Å². The van der Waals surface area contributed by atoms with Crippen LogP contribution in [0.3, 0.4) is 0 Å². The Balaban J connectivity index is 2.44. The Hall–Kier alpha value is -1.95. The molecule has 2 aromatic rings. The van der Waals surface area contributed by atoms with Crippen LogP contribution in [0.15, 0.2) is 22.9 Å². The monoisotopic (exact) mass is 206 g/mol. The summed E-state index contributed by atoms with van der Waals surface area (Å²) in [5.41, 5.74) is 6.08. The summed E-state index contributed by atoms with van der Waals surface area (Å²) in [6.45, 7) is 0.223. The van der Waals surface area contributed by atoms with Gasteiger partial charge in [0.15, 0.2) is 0 Å². The van der Waals surface area contributed by atoms with Crippen molar-refractivity contribution in [3.8, 4) is 17.2 Å². The number of nitrogens with two attached hydrogens (primary N) is 1. The molecule has 0 spiro atoms. The van der Waals surface area contributed by atoms with Crippen molar-refractivity contribution in [2.45, 2.75) is 6.54 Å². The average Bonchev–Trinajstić information content (AvgIpc) is 2.77. The number of ether oxygens (including phenoxy) is 1. The minimum absolute atomic E-state index is 0.223. The highest BCUT2D eigenvalue weighted by atomic mass is 16.5. The van der Waals surface area contributed by atoms with E-state index in [4.69, 9.17) is 14.9 Å². The van der Waals surface area contributed by atoms with Crippen LogP contribution in [0.1, 0.15) is 5.89 Å². The third kappa shape index (κ3) is 1.79. The van der Waals surface area contributed by atoms with E-state index in [9.17, 15) is 0 Å². The molecule has 0 saturated heterocycles. The second-order valence-corrected chi connectivity index (χ2v) is 2.78. The van der Waals surface area contributed by atoms with Gasteiger partial charge in [0.25, 0.3) is 5.89 Å². The number of nitrogens with zero attached hydrogens (tertiary/aromatic N) is 3.